The second kappa shape index (κ2) is 8.72. The van der Waals surface area contributed by atoms with E-state index in [0.29, 0.717) is 5.75 Å². The lowest BCUT2D eigenvalue weighted by molar-refractivity contribution is -0.118. The van der Waals surface area contributed by atoms with E-state index in [-0.39, 0.29) is 5.91 Å². The van der Waals surface area contributed by atoms with Crippen LogP contribution in [-0.4, -0.2) is 17.4 Å². The molecule has 3 aromatic carbocycles. The molecule has 0 bridgehead atoms. The van der Waals surface area contributed by atoms with Gasteiger partial charge in [-0.25, -0.2) is 5.43 Å². The van der Waals surface area contributed by atoms with E-state index < -0.39 is 0 Å². The first-order valence-corrected chi connectivity index (χ1v) is 10.4. The zero-order chi connectivity index (χ0) is 19.4. The van der Waals surface area contributed by atoms with Crippen LogP contribution in [0, 0.1) is 13.8 Å². The Morgan fingerprint density at radius 3 is 2.63 bits per heavy atom. The van der Waals surface area contributed by atoms with Gasteiger partial charge < -0.3 is 0 Å². The molecule has 0 heterocycles. The van der Waals surface area contributed by atoms with Gasteiger partial charge in [-0.05, 0) is 54.8 Å². The minimum atomic E-state index is -0.112. The quantitative estimate of drug-likeness (QED) is 0.307. The molecule has 0 saturated heterocycles. The summed E-state index contributed by atoms with van der Waals surface area (Å²) >= 11 is 5.06. The molecule has 0 aliphatic rings. The highest BCUT2D eigenvalue weighted by atomic mass is 79.9. The molecule has 0 aliphatic carbocycles. The summed E-state index contributed by atoms with van der Waals surface area (Å²) in [4.78, 5) is 13.3. The minimum absolute atomic E-state index is 0.112. The third kappa shape index (κ3) is 4.79. The third-order valence-corrected chi connectivity index (χ3v) is 6.35. The second-order valence-corrected chi connectivity index (χ2v) is 8.29. The number of thioether (sulfide) groups is 1. The van der Waals surface area contributed by atoms with Gasteiger partial charge in [0.15, 0.2) is 0 Å². The molecule has 27 heavy (non-hydrogen) atoms. The molecule has 0 radical (unpaired) electrons. The molecular formula is C22H21BrN2OS. The topological polar surface area (TPSA) is 41.5 Å². The molecule has 3 nitrogen and oxygen atoms in total. The zero-order valence-electron chi connectivity index (χ0n) is 15.5. The fraction of sp³-hybridized carbons (Fsp3) is 0.182. The van der Waals surface area contributed by atoms with Gasteiger partial charge in [-0.15, -0.1) is 11.8 Å². The molecular weight excluding hydrogens is 420 g/mol. The van der Waals surface area contributed by atoms with Gasteiger partial charge in [-0.3, -0.25) is 4.79 Å². The number of hydrazone groups is 1. The first kappa shape index (κ1) is 19.6. The summed E-state index contributed by atoms with van der Waals surface area (Å²) in [6.45, 7) is 6.01. The van der Waals surface area contributed by atoms with Crippen LogP contribution in [0.15, 0.2) is 69.1 Å². The predicted octanol–water partition coefficient (Wildman–Crippen LogP) is 5.85. The van der Waals surface area contributed by atoms with Crippen molar-refractivity contribution < 1.29 is 4.79 Å². The van der Waals surface area contributed by atoms with Gasteiger partial charge in [0, 0.05) is 14.9 Å². The van der Waals surface area contributed by atoms with E-state index in [1.807, 2.05) is 45.0 Å². The summed E-state index contributed by atoms with van der Waals surface area (Å²) in [6, 6.07) is 18.5. The van der Waals surface area contributed by atoms with Crippen LogP contribution in [0.25, 0.3) is 10.8 Å². The molecule has 138 valence electrons. The molecule has 1 N–H and O–H groups in total. The Labute approximate surface area is 172 Å². The third-order valence-electron chi connectivity index (χ3n) is 4.34. The van der Waals surface area contributed by atoms with Crippen molar-refractivity contribution in [1.82, 2.24) is 5.43 Å². The molecule has 0 atom stereocenters. The Hall–Kier alpha value is -2.11. The van der Waals surface area contributed by atoms with E-state index in [9.17, 15) is 4.79 Å². The Kier molecular flexibility index (Phi) is 6.34. The van der Waals surface area contributed by atoms with Gasteiger partial charge in [0.2, 0.25) is 5.91 Å². The number of aryl methyl sites for hydroxylation is 2. The van der Waals surface area contributed by atoms with Gasteiger partial charge in [0.25, 0.3) is 0 Å². The first-order chi connectivity index (χ1) is 13.0. The lowest BCUT2D eigenvalue weighted by atomic mass is 10.0. The van der Waals surface area contributed by atoms with Crippen LogP contribution >= 0.6 is 27.7 Å². The molecule has 3 aromatic rings. The molecule has 1 amide bonds. The second-order valence-electron chi connectivity index (χ2n) is 6.41. The van der Waals surface area contributed by atoms with Crippen LogP contribution in [-0.2, 0) is 4.79 Å². The average molecular weight is 441 g/mol. The van der Waals surface area contributed by atoms with Crippen LogP contribution in [0.1, 0.15) is 23.6 Å². The molecule has 3 rings (SSSR count). The fourth-order valence-corrected chi connectivity index (χ4v) is 4.19. The molecule has 0 saturated carbocycles. The molecule has 5 heteroatoms. The molecule has 0 aliphatic heterocycles. The van der Waals surface area contributed by atoms with Crippen molar-refractivity contribution in [1.29, 1.82) is 0 Å². The normalized spacial score (nSPS) is 11.6. The maximum Gasteiger partial charge on any atom is 0.250 e. The summed E-state index contributed by atoms with van der Waals surface area (Å²) < 4.78 is 1.09. The van der Waals surface area contributed by atoms with Crippen LogP contribution in [0.2, 0.25) is 0 Å². The van der Waals surface area contributed by atoms with Crippen molar-refractivity contribution in [3.8, 4) is 0 Å². The number of nitrogens with zero attached hydrogens (tertiary/aromatic N) is 1. The Morgan fingerprint density at radius 2 is 1.81 bits per heavy atom. The van der Waals surface area contributed by atoms with Crippen LogP contribution in [0.3, 0.4) is 0 Å². The maximum atomic E-state index is 12.2. The number of fused-ring (bicyclic) bond motifs is 1. The number of benzene rings is 3. The van der Waals surface area contributed by atoms with Crippen LogP contribution in [0.5, 0.6) is 0 Å². The van der Waals surface area contributed by atoms with Crippen molar-refractivity contribution in [3.63, 3.8) is 0 Å². The average Bonchev–Trinajstić information content (AvgIpc) is 2.67. The van der Waals surface area contributed by atoms with Gasteiger partial charge >= 0.3 is 0 Å². The van der Waals surface area contributed by atoms with Crippen molar-refractivity contribution >= 4 is 50.1 Å². The van der Waals surface area contributed by atoms with E-state index in [0.717, 1.165) is 42.5 Å². The SMILES string of the molecule is C/C(=N/NC(=O)CSc1cc(C)c(Br)cc1C)c1cccc2ccccc12. The Bertz CT molecular complexity index is 1020. The summed E-state index contributed by atoms with van der Waals surface area (Å²) in [6.07, 6.45) is 0. The van der Waals surface area contributed by atoms with Crippen molar-refractivity contribution in [2.24, 2.45) is 5.10 Å². The van der Waals surface area contributed by atoms with E-state index in [2.05, 4.69) is 56.8 Å². The molecule has 0 fully saturated rings. The number of hydrogen-bond acceptors (Lipinski definition) is 3. The fourth-order valence-electron chi connectivity index (χ4n) is 2.83. The van der Waals surface area contributed by atoms with Crippen LogP contribution < -0.4 is 5.43 Å². The molecule has 0 unspecified atom stereocenters. The Balaban J connectivity index is 1.67. The largest absolute Gasteiger partial charge is 0.272 e. The zero-order valence-corrected chi connectivity index (χ0v) is 17.9. The van der Waals surface area contributed by atoms with E-state index in [1.54, 1.807) is 0 Å². The monoisotopic (exact) mass is 440 g/mol. The van der Waals surface area contributed by atoms with Crippen LogP contribution in [0.4, 0.5) is 0 Å². The number of hydrogen-bond donors (Lipinski definition) is 1. The predicted molar refractivity (Wildman–Crippen MR) is 119 cm³/mol. The number of amides is 1. The number of carbonyl (C=O) groups excluding carboxylic acids is 1. The van der Waals surface area contributed by atoms with Gasteiger partial charge in [-0.1, -0.05) is 58.4 Å². The van der Waals surface area contributed by atoms with Gasteiger partial charge in [0.05, 0.1) is 11.5 Å². The minimum Gasteiger partial charge on any atom is -0.272 e. The smallest absolute Gasteiger partial charge is 0.250 e. The van der Waals surface area contributed by atoms with E-state index in [1.165, 1.54) is 11.8 Å². The molecule has 0 aromatic heterocycles. The highest BCUT2D eigenvalue weighted by Gasteiger charge is 2.08. The van der Waals surface area contributed by atoms with E-state index >= 15 is 0 Å². The molecule has 0 spiro atoms. The standard InChI is InChI=1S/C22H21BrN2OS/c1-14-12-21(15(2)11-20(14)23)27-13-22(26)25-24-16(3)18-10-6-8-17-7-4-5-9-19(17)18/h4-12H,13H2,1-3H3,(H,25,26)/b24-16-. The highest BCUT2D eigenvalue weighted by Crippen LogP contribution is 2.28. The number of nitrogens with one attached hydrogen (secondary N) is 1. The number of halogens is 1. The van der Waals surface area contributed by atoms with Crippen molar-refractivity contribution in [2.45, 2.75) is 25.7 Å². The summed E-state index contributed by atoms with van der Waals surface area (Å²) in [5.74, 6) is 0.216. The van der Waals surface area contributed by atoms with Gasteiger partial charge in [-0.2, -0.15) is 5.10 Å². The summed E-state index contributed by atoms with van der Waals surface area (Å²) in [7, 11) is 0. The first-order valence-electron chi connectivity index (χ1n) is 8.66. The van der Waals surface area contributed by atoms with Crippen molar-refractivity contribution in [3.05, 3.63) is 75.8 Å². The van der Waals surface area contributed by atoms with E-state index in [4.69, 9.17) is 0 Å². The number of rotatable bonds is 5. The lowest BCUT2D eigenvalue weighted by Gasteiger charge is -2.09. The van der Waals surface area contributed by atoms with Crippen molar-refractivity contribution in [2.75, 3.05) is 5.75 Å². The summed E-state index contributed by atoms with van der Waals surface area (Å²) in [5.41, 5.74) is 6.81. The highest BCUT2D eigenvalue weighted by molar-refractivity contribution is 9.10. The Morgan fingerprint density at radius 1 is 1.07 bits per heavy atom. The lowest BCUT2D eigenvalue weighted by Crippen LogP contribution is -2.21. The number of carbonyl (C=O) groups is 1. The maximum absolute atomic E-state index is 12.2. The summed E-state index contributed by atoms with van der Waals surface area (Å²) in [5, 5.41) is 6.60. The van der Waals surface area contributed by atoms with Gasteiger partial charge in [0.1, 0.15) is 0 Å².